The van der Waals surface area contributed by atoms with Gasteiger partial charge in [-0.2, -0.15) is 0 Å². The summed E-state index contributed by atoms with van der Waals surface area (Å²) in [5.74, 6) is -2.00. The van der Waals surface area contributed by atoms with Crippen LogP contribution in [0, 0.1) is 5.92 Å². The van der Waals surface area contributed by atoms with Crippen LogP contribution in [0.2, 0.25) is 0 Å². The van der Waals surface area contributed by atoms with E-state index in [4.69, 9.17) is 4.74 Å². The molecule has 0 fully saturated rings. The summed E-state index contributed by atoms with van der Waals surface area (Å²) in [7, 11) is 1.54. The first-order chi connectivity index (χ1) is 13.8. The zero-order valence-corrected chi connectivity index (χ0v) is 16.5. The number of carbonyl (C=O) groups excluding carboxylic acids is 2. The Morgan fingerprint density at radius 2 is 1.62 bits per heavy atom. The fourth-order valence-electron chi connectivity index (χ4n) is 2.54. The van der Waals surface area contributed by atoms with Gasteiger partial charge in [-0.1, -0.05) is 44.2 Å². The monoisotopic (exact) mass is 396 g/mol. The Balaban J connectivity index is 2.33. The molecule has 0 heterocycles. The molecule has 0 spiro atoms. The van der Waals surface area contributed by atoms with Gasteiger partial charge in [0, 0.05) is 5.56 Å². The highest BCUT2D eigenvalue weighted by Gasteiger charge is 2.25. The van der Waals surface area contributed by atoms with E-state index in [2.05, 4.69) is 10.6 Å². The van der Waals surface area contributed by atoms with E-state index in [9.17, 15) is 19.5 Å². The van der Waals surface area contributed by atoms with Crippen LogP contribution in [0.3, 0.4) is 0 Å². The number of carboxylic acid groups (broad SMARTS) is 1. The maximum atomic E-state index is 12.8. The number of hydrogen-bond donors (Lipinski definition) is 3. The molecule has 2 aromatic carbocycles. The van der Waals surface area contributed by atoms with E-state index in [-0.39, 0.29) is 11.6 Å². The number of methoxy groups -OCH3 is 1. The van der Waals surface area contributed by atoms with Gasteiger partial charge in [0.2, 0.25) is 0 Å². The molecular weight excluding hydrogens is 372 g/mol. The highest BCUT2D eigenvalue weighted by Crippen LogP contribution is 2.14. The van der Waals surface area contributed by atoms with Crippen LogP contribution in [0.1, 0.15) is 29.8 Å². The van der Waals surface area contributed by atoms with Gasteiger partial charge in [0.25, 0.3) is 11.8 Å². The molecule has 0 aliphatic carbocycles. The molecule has 0 unspecified atom stereocenters. The van der Waals surface area contributed by atoms with E-state index in [1.165, 1.54) is 6.08 Å². The predicted octanol–water partition coefficient (Wildman–Crippen LogP) is 2.69. The highest BCUT2D eigenvalue weighted by molar-refractivity contribution is 6.06. The second-order valence-corrected chi connectivity index (χ2v) is 6.68. The Labute approximate surface area is 169 Å². The molecule has 3 N–H and O–H groups in total. The third-order valence-corrected chi connectivity index (χ3v) is 4.17. The van der Waals surface area contributed by atoms with Crippen molar-refractivity contribution in [3.8, 4) is 5.75 Å². The first kappa shape index (κ1) is 21.7. The molecule has 2 aromatic rings. The molecule has 7 heteroatoms. The van der Waals surface area contributed by atoms with E-state index in [1.807, 2.05) is 0 Å². The number of amides is 2. The quantitative estimate of drug-likeness (QED) is 0.595. The lowest BCUT2D eigenvalue weighted by atomic mass is 10.0. The van der Waals surface area contributed by atoms with Crippen LogP contribution in [-0.4, -0.2) is 36.0 Å². The van der Waals surface area contributed by atoms with Crippen LogP contribution in [0.4, 0.5) is 0 Å². The Kier molecular flexibility index (Phi) is 7.54. The largest absolute Gasteiger partial charge is 0.497 e. The SMILES string of the molecule is COc1ccc(/C=C(/NC(=O)c2ccccc2)C(=O)N[C@H](C(=O)O)C(C)C)cc1. The van der Waals surface area contributed by atoms with Gasteiger partial charge < -0.3 is 20.5 Å². The fraction of sp³-hybridized carbons (Fsp3) is 0.227. The summed E-state index contributed by atoms with van der Waals surface area (Å²) < 4.78 is 5.11. The predicted molar refractivity (Wildman–Crippen MR) is 109 cm³/mol. The molecule has 152 valence electrons. The molecule has 0 radical (unpaired) electrons. The molecule has 2 amide bonds. The van der Waals surface area contributed by atoms with Crippen LogP contribution in [0.25, 0.3) is 6.08 Å². The summed E-state index contributed by atoms with van der Waals surface area (Å²) >= 11 is 0. The summed E-state index contributed by atoms with van der Waals surface area (Å²) in [5, 5.41) is 14.4. The molecule has 0 saturated carbocycles. The topological polar surface area (TPSA) is 105 Å². The third kappa shape index (κ3) is 6.21. The Morgan fingerprint density at radius 1 is 1.00 bits per heavy atom. The smallest absolute Gasteiger partial charge is 0.326 e. The molecule has 0 saturated heterocycles. The number of hydrogen-bond acceptors (Lipinski definition) is 4. The average Bonchev–Trinajstić information content (AvgIpc) is 2.71. The van der Waals surface area contributed by atoms with Gasteiger partial charge in [-0.15, -0.1) is 0 Å². The Hall–Kier alpha value is -3.61. The van der Waals surface area contributed by atoms with Crippen LogP contribution in [0.5, 0.6) is 5.75 Å². The van der Waals surface area contributed by atoms with Crippen molar-refractivity contribution in [3.05, 3.63) is 71.4 Å². The number of aliphatic carboxylic acids is 1. The summed E-state index contributed by atoms with van der Waals surface area (Å²) in [6.45, 7) is 3.38. The first-order valence-electron chi connectivity index (χ1n) is 9.07. The number of ether oxygens (including phenoxy) is 1. The standard InChI is InChI=1S/C22H24N2O5/c1-14(2)19(22(27)28)24-21(26)18(13-15-9-11-17(29-3)12-10-15)23-20(25)16-7-5-4-6-8-16/h4-14,19H,1-3H3,(H,23,25)(H,24,26)(H,27,28)/b18-13+/t19-/m0/s1. The number of carbonyl (C=O) groups is 3. The van der Waals surface area contributed by atoms with E-state index < -0.39 is 23.8 Å². The average molecular weight is 396 g/mol. The van der Waals surface area contributed by atoms with Crippen LogP contribution >= 0.6 is 0 Å². The number of carboxylic acids is 1. The first-order valence-corrected chi connectivity index (χ1v) is 9.07. The second kappa shape index (κ2) is 10.1. The van der Waals surface area contributed by atoms with Crippen molar-refractivity contribution < 1.29 is 24.2 Å². The van der Waals surface area contributed by atoms with E-state index in [0.29, 0.717) is 16.9 Å². The van der Waals surface area contributed by atoms with Crippen molar-refractivity contribution >= 4 is 23.9 Å². The Morgan fingerprint density at radius 3 is 2.14 bits per heavy atom. The lowest BCUT2D eigenvalue weighted by Gasteiger charge is -2.19. The zero-order valence-electron chi connectivity index (χ0n) is 16.5. The molecule has 0 bridgehead atoms. The zero-order chi connectivity index (χ0) is 21.4. The van der Waals surface area contributed by atoms with E-state index in [1.54, 1.807) is 75.6 Å². The molecular formula is C22H24N2O5. The summed E-state index contributed by atoms with van der Waals surface area (Å²) in [6.07, 6.45) is 1.48. The van der Waals surface area contributed by atoms with Gasteiger partial charge in [0.05, 0.1) is 7.11 Å². The normalized spacial score (nSPS) is 12.2. The highest BCUT2D eigenvalue weighted by atomic mass is 16.5. The summed E-state index contributed by atoms with van der Waals surface area (Å²) in [4.78, 5) is 36.7. The number of benzene rings is 2. The van der Waals surface area contributed by atoms with Crippen molar-refractivity contribution in [2.45, 2.75) is 19.9 Å². The molecule has 2 rings (SSSR count). The molecule has 1 atom stereocenters. The van der Waals surface area contributed by atoms with Crippen LogP contribution in [-0.2, 0) is 9.59 Å². The third-order valence-electron chi connectivity index (χ3n) is 4.17. The van der Waals surface area contributed by atoms with Crippen LogP contribution in [0.15, 0.2) is 60.3 Å². The van der Waals surface area contributed by atoms with Gasteiger partial charge in [0.15, 0.2) is 0 Å². The summed E-state index contributed by atoms with van der Waals surface area (Å²) in [6, 6.07) is 14.2. The number of rotatable bonds is 8. The van der Waals surface area contributed by atoms with Crippen molar-refractivity contribution in [1.29, 1.82) is 0 Å². The van der Waals surface area contributed by atoms with Crippen molar-refractivity contribution in [1.82, 2.24) is 10.6 Å². The molecule has 0 aliphatic rings. The van der Waals surface area contributed by atoms with Gasteiger partial charge in [-0.05, 0) is 41.8 Å². The molecule has 0 aromatic heterocycles. The minimum atomic E-state index is -1.15. The van der Waals surface area contributed by atoms with E-state index >= 15 is 0 Å². The van der Waals surface area contributed by atoms with Crippen molar-refractivity contribution in [2.75, 3.05) is 7.11 Å². The minimum absolute atomic E-state index is 0.0593. The van der Waals surface area contributed by atoms with Crippen molar-refractivity contribution in [2.24, 2.45) is 5.92 Å². The molecule has 7 nitrogen and oxygen atoms in total. The van der Waals surface area contributed by atoms with E-state index in [0.717, 1.165) is 0 Å². The minimum Gasteiger partial charge on any atom is -0.497 e. The summed E-state index contributed by atoms with van der Waals surface area (Å²) in [5.41, 5.74) is 0.955. The van der Waals surface area contributed by atoms with Crippen LogP contribution < -0.4 is 15.4 Å². The molecule has 29 heavy (non-hydrogen) atoms. The maximum Gasteiger partial charge on any atom is 0.326 e. The lowest BCUT2D eigenvalue weighted by Crippen LogP contribution is -2.47. The van der Waals surface area contributed by atoms with Gasteiger partial charge in [-0.3, -0.25) is 9.59 Å². The Bertz CT molecular complexity index is 889. The van der Waals surface area contributed by atoms with Gasteiger partial charge in [-0.25, -0.2) is 4.79 Å². The van der Waals surface area contributed by atoms with Crippen molar-refractivity contribution in [3.63, 3.8) is 0 Å². The molecule has 0 aliphatic heterocycles. The van der Waals surface area contributed by atoms with Gasteiger partial charge in [0.1, 0.15) is 17.5 Å². The second-order valence-electron chi connectivity index (χ2n) is 6.68. The lowest BCUT2D eigenvalue weighted by molar-refractivity contribution is -0.142. The number of nitrogens with one attached hydrogen (secondary N) is 2. The maximum absolute atomic E-state index is 12.8. The fourth-order valence-corrected chi connectivity index (χ4v) is 2.54. The van der Waals surface area contributed by atoms with Gasteiger partial charge >= 0.3 is 5.97 Å².